The smallest absolute Gasteiger partial charge is 0.00768 e. The Labute approximate surface area is 74.6 Å². The normalized spacial score (nSPS) is 31.6. The molecule has 12 heavy (non-hydrogen) atoms. The summed E-state index contributed by atoms with van der Waals surface area (Å²) in [5, 5.41) is 0. The number of hydrogen-bond donors (Lipinski definition) is 0. The third-order valence-electron chi connectivity index (χ3n) is 3.52. The van der Waals surface area contributed by atoms with Gasteiger partial charge in [0.15, 0.2) is 0 Å². The van der Waals surface area contributed by atoms with E-state index in [1.54, 1.807) is 0 Å². The number of benzene rings is 1. The highest BCUT2D eigenvalue weighted by Crippen LogP contribution is 2.63. The van der Waals surface area contributed by atoms with Gasteiger partial charge in [0.05, 0.1) is 0 Å². The average molecular weight is 160 g/mol. The first-order chi connectivity index (χ1) is 5.64. The van der Waals surface area contributed by atoms with E-state index in [1.165, 1.54) is 5.56 Å². The van der Waals surface area contributed by atoms with Gasteiger partial charge in [0, 0.05) is 0 Å². The van der Waals surface area contributed by atoms with Crippen LogP contribution < -0.4 is 0 Å². The van der Waals surface area contributed by atoms with Crippen LogP contribution >= 0.6 is 0 Å². The second kappa shape index (κ2) is 2.35. The largest absolute Gasteiger partial charge is 0.0622 e. The summed E-state index contributed by atoms with van der Waals surface area (Å²) >= 11 is 0. The maximum atomic E-state index is 2.36. The van der Waals surface area contributed by atoms with Crippen molar-refractivity contribution in [1.29, 1.82) is 0 Å². The lowest BCUT2D eigenvalue weighted by molar-refractivity contribution is 0.575. The Morgan fingerprint density at radius 1 is 1.08 bits per heavy atom. The molecule has 0 amide bonds. The Hall–Kier alpha value is -0.780. The minimum atomic E-state index is 0.529. The van der Waals surface area contributed by atoms with Crippen molar-refractivity contribution in [3.05, 3.63) is 35.9 Å². The van der Waals surface area contributed by atoms with Gasteiger partial charge in [-0.15, -0.1) is 0 Å². The summed E-state index contributed by atoms with van der Waals surface area (Å²) in [6, 6.07) is 10.8. The first kappa shape index (κ1) is 7.85. The van der Waals surface area contributed by atoms with Gasteiger partial charge < -0.3 is 0 Å². The summed E-state index contributed by atoms with van der Waals surface area (Å²) in [5.41, 5.74) is 2.04. The highest BCUT2D eigenvalue weighted by Gasteiger charge is 2.54. The Morgan fingerprint density at radius 2 is 1.58 bits per heavy atom. The fourth-order valence-corrected chi connectivity index (χ4v) is 2.27. The van der Waals surface area contributed by atoms with Crippen molar-refractivity contribution in [2.45, 2.75) is 26.7 Å². The molecule has 1 saturated carbocycles. The monoisotopic (exact) mass is 160 g/mol. The molecule has 64 valence electrons. The topological polar surface area (TPSA) is 0 Å². The molecule has 1 aliphatic carbocycles. The summed E-state index contributed by atoms with van der Waals surface area (Å²) in [7, 11) is 0. The second-order valence-corrected chi connectivity index (χ2v) is 4.50. The van der Waals surface area contributed by atoms with Crippen LogP contribution in [0.3, 0.4) is 0 Å². The molecule has 0 aromatic heterocycles. The number of hydrogen-bond acceptors (Lipinski definition) is 0. The summed E-state index contributed by atoms with van der Waals surface area (Å²) in [5.74, 6) is 1.64. The van der Waals surface area contributed by atoms with Crippen LogP contribution in [-0.4, -0.2) is 0 Å². The molecular formula is C12H16. The molecule has 2 rings (SSSR count). The van der Waals surface area contributed by atoms with Crippen LogP contribution in [0.2, 0.25) is 0 Å². The van der Waals surface area contributed by atoms with E-state index in [0.29, 0.717) is 5.41 Å². The van der Waals surface area contributed by atoms with E-state index in [1.807, 2.05) is 0 Å². The molecule has 1 fully saturated rings. The van der Waals surface area contributed by atoms with Gasteiger partial charge in [0.2, 0.25) is 0 Å². The van der Waals surface area contributed by atoms with Crippen LogP contribution in [-0.2, 0) is 0 Å². The van der Waals surface area contributed by atoms with E-state index in [9.17, 15) is 0 Å². The number of rotatable bonds is 1. The molecule has 0 heterocycles. The van der Waals surface area contributed by atoms with Gasteiger partial charge in [0.25, 0.3) is 0 Å². The van der Waals surface area contributed by atoms with Crippen molar-refractivity contribution in [2.24, 2.45) is 11.3 Å². The van der Waals surface area contributed by atoms with Crippen LogP contribution in [0.15, 0.2) is 30.3 Å². The van der Waals surface area contributed by atoms with Crippen molar-refractivity contribution in [3.8, 4) is 0 Å². The van der Waals surface area contributed by atoms with E-state index in [-0.39, 0.29) is 0 Å². The molecule has 0 spiro atoms. The van der Waals surface area contributed by atoms with Crippen molar-refractivity contribution >= 4 is 0 Å². The fraction of sp³-hybridized carbons (Fsp3) is 0.500. The summed E-state index contributed by atoms with van der Waals surface area (Å²) < 4.78 is 0. The molecular weight excluding hydrogens is 144 g/mol. The first-order valence-electron chi connectivity index (χ1n) is 4.69. The molecule has 1 aromatic rings. The lowest BCUT2D eigenvalue weighted by Crippen LogP contribution is -1.89. The Morgan fingerprint density at radius 3 is 2.00 bits per heavy atom. The Bertz CT molecular complexity index is 271. The minimum Gasteiger partial charge on any atom is -0.0622 e. The molecule has 0 nitrogen and oxygen atoms in total. The van der Waals surface area contributed by atoms with Crippen LogP contribution in [0.4, 0.5) is 0 Å². The van der Waals surface area contributed by atoms with Crippen molar-refractivity contribution in [2.75, 3.05) is 0 Å². The lowest BCUT2D eigenvalue weighted by Gasteiger charge is -2.01. The van der Waals surface area contributed by atoms with E-state index >= 15 is 0 Å². The van der Waals surface area contributed by atoms with E-state index < -0.39 is 0 Å². The zero-order valence-electron chi connectivity index (χ0n) is 8.04. The quantitative estimate of drug-likeness (QED) is 0.590. The average Bonchev–Trinajstić information content (AvgIpc) is 2.53. The third kappa shape index (κ3) is 0.979. The summed E-state index contributed by atoms with van der Waals surface area (Å²) in [6.45, 7) is 7.06. The molecule has 0 saturated heterocycles. The standard InChI is InChI=1S/C12H16/c1-9-11(12(9,2)3)10-7-5-4-6-8-10/h4-9,11H,1-3H3. The SMILES string of the molecule is CC1C(c2ccccc2)C1(C)C. The third-order valence-corrected chi connectivity index (χ3v) is 3.52. The lowest BCUT2D eigenvalue weighted by atomic mass is 10.0. The molecule has 0 aliphatic heterocycles. The van der Waals surface area contributed by atoms with Gasteiger partial charge in [-0.25, -0.2) is 0 Å². The van der Waals surface area contributed by atoms with Gasteiger partial charge in [-0.3, -0.25) is 0 Å². The van der Waals surface area contributed by atoms with E-state index in [0.717, 1.165) is 11.8 Å². The van der Waals surface area contributed by atoms with E-state index in [2.05, 4.69) is 51.1 Å². The minimum absolute atomic E-state index is 0.529. The van der Waals surface area contributed by atoms with Gasteiger partial charge >= 0.3 is 0 Å². The van der Waals surface area contributed by atoms with Crippen LogP contribution in [0.25, 0.3) is 0 Å². The van der Waals surface area contributed by atoms with E-state index in [4.69, 9.17) is 0 Å². The van der Waals surface area contributed by atoms with Gasteiger partial charge in [-0.2, -0.15) is 0 Å². The Balaban J connectivity index is 2.25. The maximum Gasteiger partial charge on any atom is -0.00768 e. The van der Waals surface area contributed by atoms with Crippen molar-refractivity contribution < 1.29 is 0 Å². The molecule has 0 N–H and O–H groups in total. The molecule has 0 bridgehead atoms. The highest BCUT2D eigenvalue weighted by atomic mass is 14.6. The zero-order chi connectivity index (χ0) is 8.77. The van der Waals surface area contributed by atoms with Crippen molar-refractivity contribution in [1.82, 2.24) is 0 Å². The van der Waals surface area contributed by atoms with Gasteiger partial charge in [-0.05, 0) is 22.8 Å². The predicted molar refractivity (Wildman–Crippen MR) is 52.1 cm³/mol. The fourth-order valence-electron chi connectivity index (χ4n) is 2.27. The summed E-state index contributed by atoms with van der Waals surface area (Å²) in [4.78, 5) is 0. The van der Waals surface area contributed by atoms with Crippen LogP contribution in [0.1, 0.15) is 32.3 Å². The second-order valence-electron chi connectivity index (χ2n) is 4.50. The molecule has 1 aromatic carbocycles. The van der Waals surface area contributed by atoms with Gasteiger partial charge in [0.1, 0.15) is 0 Å². The van der Waals surface area contributed by atoms with Crippen LogP contribution in [0, 0.1) is 11.3 Å². The highest BCUT2D eigenvalue weighted by molar-refractivity contribution is 5.30. The molecule has 1 aliphatic rings. The maximum absolute atomic E-state index is 2.36. The molecule has 2 unspecified atom stereocenters. The molecule has 0 heteroatoms. The Kier molecular flexibility index (Phi) is 1.54. The van der Waals surface area contributed by atoms with Crippen LogP contribution in [0.5, 0.6) is 0 Å². The summed E-state index contributed by atoms with van der Waals surface area (Å²) in [6.07, 6.45) is 0. The van der Waals surface area contributed by atoms with Crippen molar-refractivity contribution in [3.63, 3.8) is 0 Å². The predicted octanol–water partition coefficient (Wildman–Crippen LogP) is 3.45. The zero-order valence-corrected chi connectivity index (χ0v) is 8.04. The van der Waals surface area contributed by atoms with Gasteiger partial charge in [-0.1, -0.05) is 51.1 Å². The molecule has 0 radical (unpaired) electrons. The first-order valence-corrected chi connectivity index (χ1v) is 4.69. The molecule has 2 atom stereocenters.